The Bertz CT molecular complexity index is 248. The zero-order chi connectivity index (χ0) is 13.3. The summed E-state index contributed by atoms with van der Waals surface area (Å²) < 4.78 is 0. The molecule has 2 heteroatoms. The highest BCUT2D eigenvalue weighted by Gasteiger charge is 2.36. The highest BCUT2D eigenvalue weighted by atomic mass is 15.2. The summed E-state index contributed by atoms with van der Waals surface area (Å²) in [7, 11) is 2.37. The zero-order valence-corrected chi connectivity index (χ0v) is 13.0. The molecule has 2 aliphatic rings. The van der Waals surface area contributed by atoms with Crippen LogP contribution in [0.1, 0.15) is 53.4 Å². The van der Waals surface area contributed by atoms with E-state index in [4.69, 9.17) is 0 Å². The number of rotatable bonds is 4. The van der Waals surface area contributed by atoms with E-state index in [0.717, 1.165) is 30.0 Å². The molecule has 0 unspecified atom stereocenters. The molecule has 2 rings (SSSR count). The van der Waals surface area contributed by atoms with Gasteiger partial charge >= 0.3 is 0 Å². The summed E-state index contributed by atoms with van der Waals surface area (Å²) in [4.78, 5) is 5.33. The molecule has 1 aliphatic heterocycles. The number of hydrogen-bond acceptors (Lipinski definition) is 2. The highest BCUT2D eigenvalue weighted by molar-refractivity contribution is 4.91. The molecule has 0 atom stereocenters. The van der Waals surface area contributed by atoms with E-state index < -0.39 is 0 Å². The van der Waals surface area contributed by atoms with Gasteiger partial charge in [0.1, 0.15) is 0 Å². The first-order valence-electron chi connectivity index (χ1n) is 7.95. The van der Waals surface area contributed by atoms with E-state index in [2.05, 4.69) is 44.5 Å². The molecule has 0 aromatic carbocycles. The van der Waals surface area contributed by atoms with Gasteiger partial charge in [0.15, 0.2) is 0 Å². The van der Waals surface area contributed by atoms with Gasteiger partial charge in [-0.2, -0.15) is 0 Å². The largest absolute Gasteiger partial charge is 0.301 e. The van der Waals surface area contributed by atoms with Gasteiger partial charge in [-0.3, -0.25) is 0 Å². The van der Waals surface area contributed by atoms with Crippen molar-refractivity contribution in [1.82, 2.24) is 9.80 Å². The second-order valence-electron chi connectivity index (χ2n) is 7.16. The van der Waals surface area contributed by atoms with E-state index in [1.165, 1.54) is 38.8 Å². The Morgan fingerprint density at radius 2 is 1.50 bits per heavy atom. The average molecular weight is 252 g/mol. The van der Waals surface area contributed by atoms with E-state index in [1.54, 1.807) is 0 Å². The SMILES string of the molecule is CC(C)C1CC(N(C)C2CCN(C(C)C)CC2)C1. The Morgan fingerprint density at radius 3 is 1.94 bits per heavy atom. The van der Waals surface area contributed by atoms with Gasteiger partial charge in [-0.05, 0) is 71.5 Å². The summed E-state index contributed by atoms with van der Waals surface area (Å²) >= 11 is 0. The Hall–Kier alpha value is -0.0800. The van der Waals surface area contributed by atoms with Crippen LogP contribution in [0, 0.1) is 11.8 Å². The lowest BCUT2D eigenvalue weighted by Gasteiger charge is -2.48. The van der Waals surface area contributed by atoms with Gasteiger partial charge in [0.2, 0.25) is 0 Å². The van der Waals surface area contributed by atoms with Gasteiger partial charge < -0.3 is 9.80 Å². The summed E-state index contributed by atoms with van der Waals surface area (Å²) in [6.07, 6.45) is 5.63. The Kier molecular flexibility index (Phi) is 4.71. The molecule has 1 saturated heterocycles. The fourth-order valence-corrected chi connectivity index (χ4v) is 3.61. The van der Waals surface area contributed by atoms with E-state index in [9.17, 15) is 0 Å². The number of piperidine rings is 1. The van der Waals surface area contributed by atoms with E-state index in [0.29, 0.717) is 0 Å². The molecule has 106 valence electrons. The average Bonchev–Trinajstić information content (AvgIpc) is 2.26. The zero-order valence-electron chi connectivity index (χ0n) is 13.0. The molecule has 18 heavy (non-hydrogen) atoms. The third-order valence-corrected chi connectivity index (χ3v) is 5.47. The maximum Gasteiger partial charge on any atom is 0.0119 e. The Balaban J connectivity index is 1.74. The molecule has 2 fully saturated rings. The first-order chi connectivity index (χ1) is 8.49. The maximum atomic E-state index is 2.70. The molecule has 0 bridgehead atoms. The summed E-state index contributed by atoms with van der Waals surface area (Å²) in [6, 6.07) is 2.45. The second kappa shape index (κ2) is 5.92. The standard InChI is InChI=1S/C16H32N2/c1-12(2)14-10-16(11-14)17(5)15-6-8-18(9-7-15)13(3)4/h12-16H,6-11H2,1-5H3. The predicted octanol–water partition coefficient (Wildman–Crippen LogP) is 3.23. The van der Waals surface area contributed by atoms with Crippen LogP contribution in [0.3, 0.4) is 0 Å². The Labute approximate surface area is 114 Å². The normalized spacial score (nSPS) is 31.3. The molecule has 0 aromatic heterocycles. The smallest absolute Gasteiger partial charge is 0.0119 e. The molecule has 0 radical (unpaired) electrons. The lowest BCUT2D eigenvalue weighted by Crippen LogP contribution is -2.52. The summed E-state index contributed by atoms with van der Waals surface area (Å²) in [5, 5.41) is 0. The van der Waals surface area contributed by atoms with Crippen molar-refractivity contribution in [1.29, 1.82) is 0 Å². The molecule has 1 saturated carbocycles. The predicted molar refractivity (Wildman–Crippen MR) is 78.8 cm³/mol. The van der Waals surface area contributed by atoms with Crippen molar-refractivity contribution in [3.05, 3.63) is 0 Å². The van der Waals surface area contributed by atoms with E-state index in [-0.39, 0.29) is 0 Å². The molecule has 0 aromatic rings. The van der Waals surface area contributed by atoms with Crippen molar-refractivity contribution >= 4 is 0 Å². The van der Waals surface area contributed by atoms with Crippen molar-refractivity contribution in [3.63, 3.8) is 0 Å². The van der Waals surface area contributed by atoms with Crippen LogP contribution < -0.4 is 0 Å². The van der Waals surface area contributed by atoms with Gasteiger partial charge in [-0.1, -0.05) is 13.8 Å². The molecular formula is C16H32N2. The minimum Gasteiger partial charge on any atom is -0.301 e. The van der Waals surface area contributed by atoms with Crippen molar-refractivity contribution in [2.45, 2.75) is 71.5 Å². The fourth-order valence-electron chi connectivity index (χ4n) is 3.61. The topological polar surface area (TPSA) is 6.48 Å². The molecular weight excluding hydrogens is 220 g/mol. The van der Waals surface area contributed by atoms with Gasteiger partial charge in [-0.25, -0.2) is 0 Å². The van der Waals surface area contributed by atoms with Crippen LogP contribution in [0.25, 0.3) is 0 Å². The summed E-state index contributed by atoms with van der Waals surface area (Å²) in [5.74, 6) is 1.88. The molecule has 1 heterocycles. The van der Waals surface area contributed by atoms with Crippen molar-refractivity contribution in [2.75, 3.05) is 20.1 Å². The van der Waals surface area contributed by atoms with Gasteiger partial charge in [0.05, 0.1) is 0 Å². The van der Waals surface area contributed by atoms with Crippen LogP contribution in [0.4, 0.5) is 0 Å². The van der Waals surface area contributed by atoms with Gasteiger partial charge in [0.25, 0.3) is 0 Å². The van der Waals surface area contributed by atoms with Crippen molar-refractivity contribution in [2.24, 2.45) is 11.8 Å². The van der Waals surface area contributed by atoms with Gasteiger partial charge in [0, 0.05) is 18.1 Å². The third kappa shape index (κ3) is 3.08. The lowest BCUT2D eigenvalue weighted by molar-refractivity contribution is 0.0172. The van der Waals surface area contributed by atoms with Crippen molar-refractivity contribution < 1.29 is 0 Å². The van der Waals surface area contributed by atoms with Crippen LogP contribution >= 0.6 is 0 Å². The molecule has 0 N–H and O–H groups in total. The number of nitrogens with zero attached hydrogens (tertiary/aromatic N) is 2. The molecule has 1 aliphatic carbocycles. The van der Waals surface area contributed by atoms with Crippen LogP contribution in [-0.4, -0.2) is 48.1 Å². The highest BCUT2D eigenvalue weighted by Crippen LogP contribution is 2.38. The fraction of sp³-hybridized carbons (Fsp3) is 1.00. The number of likely N-dealkylation sites (tertiary alicyclic amines) is 1. The van der Waals surface area contributed by atoms with Crippen LogP contribution in [0.15, 0.2) is 0 Å². The second-order valence-corrected chi connectivity index (χ2v) is 7.16. The van der Waals surface area contributed by atoms with Crippen LogP contribution in [0.2, 0.25) is 0 Å². The summed E-state index contributed by atoms with van der Waals surface area (Å²) in [5.41, 5.74) is 0. The van der Waals surface area contributed by atoms with Crippen molar-refractivity contribution in [3.8, 4) is 0 Å². The minimum absolute atomic E-state index is 0.727. The monoisotopic (exact) mass is 252 g/mol. The quantitative estimate of drug-likeness (QED) is 0.758. The Morgan fingerprint density at radius 1 is 0.944 bits per heavy atom. The molecule has 0 amide bonds. The van der Waals surface area contributed by atoms with Gasteiger partial charge in [-0.15, -0.1) is 0 Å². The first kappa shape index (κ1) is 14.3. The van der Waals surface area contributed by atoms with Crippen LogP contribution in [-0.2, 0) is 0 Å². The lowest BCUT2D eigenvalue weighted by atomic mass is 9.72. The maximum absolute atomic E-state index is 2.70. The number of hydrogen-bond donors (Lipinski definition) is 0. The third-order valence-electron chi connectivity index (χ3n) is 5.47. The molecule has 0 spiro atoms. The summed E-state index contributed by atoms with van der Waals surface area (Å²) in [6.45, 7) is 12.0. The first-order valence-corrected chi connectivity index (χ1v) is 7.95. The van der Waals surface area contributed by atoms with E-state index >= 15 is 0 Å². The molecule has 2 nitrogen and oxygen atoms in total. The minimum atomic E-state index is 0.727. The van der Waals surface area contributed by atoms with E-state index in [1.807, 2.05) is 0 Å². The van der Waals surface area contributed by atoms with Crippen LogP contribution in [0.5, 0.6) is 0 Å².